The van der Waals surface area contributed by atoms with Gasteiger partial charge in [0.1, 0.15) is 23.0 Å². The van der Waals surface area contributed by atoms with E-state index in [9.17, 15) is 26.7 Å². The SMILES string of the molecule is Cc1cc(C(F)(F)F)ncc1-c1cc(C(=O)Nc2c(F)cccc2F)nn1C. The number of anilines is 1. The topological polar surface area (TPSA) is 59.8 Å². The molecular weight excluding hydrogens is 383 g/mol. The second-order valence-corrected chi connectivity index (χ2v) is 5.97. The number of nitrogens with zero attached hydrogens (tertiary/aromatic N) is 3. The minimum absolute atomic E-state index is 0.167. The van der Waals surface area contributed by atoms with Gasteiger partial charge in [-0.3, -0.25) is 14.5 Å². The molecule has 0 aliphatic carbocycles. The van der Waals surface area contributed by atoms with Crippen molar-refractivity contribution < 1.29 is 26.7 Å². The number of benzene rings is 1. The summed E-state index contributed by atoms with van der Waals surface area (Å²) in [6.45, 7) is 1.47. The minimum atomic E-state index is -4.58. The summed E-state index contributed by atoms with van der Waals surface area (Å²) in [7, 11) is 1.48. The molecule has 0 spiro atoms. The molecule has 5 nitrogen and oxygen atoms in total. The summed E-state index contributed by atoms with van der Waals surface area (Å²) in [4.78, 5) is 15.7. The van der Waals surface area contributed by atoms with Crippen molar-refractivity contribution >= 4 is 11.6 Å². The van der Waals surface area contributed by atoms with Crippen LogP contribution >= 0.6 is 0 Å². The number of para-hydroxylation sites is 1. The standard InChI is InChI=1S/C18H13F5N4O/c1-9-6-15(18(21,22)23)24-8-10(9)14-7-13(26-27(14)2)17(28)25-16-11(19)4-3-5-12(16)20/h3-8H,1-2H3,(H,25,28). The Bertz CT molecular complexity index is 1040. The van der Waals surface area contributed by atoms with Crippen LogP contribution in [0.3, 0.4) is 0 Å². The van der Waals surface area contributed by atoms with E-state index in [0.717, 1.165) is 30.5 Å². The van der Waals surface area contributed by atoms with E-state index in [-0.39, 0.29) is 11.3 Å². The fraction of sp³-hybridized carbons (Fsp3) is 0.167. The van der Waals surface area contributed by atoms with Crippen LogP contribution < -0.4 is 5.32 Å². The van der Waals surface area contributed by atoms with Crippen LogP contribution in [0.25, 0.3) is 11.3 Å². The van der Waals surface area contributed by atoms with E-state index in [2.05, 4.69) is 15.4 Å². The zero-order valence-electron chi connectivity index (χ0n) is 14.6. The number of carbonyl (C=O) groups is 1. The normalized spacial score (nSPS) is 11.5. The van der Waals surface area contributed by atoms with E-state index in [1.165, 1.54) is 24.7 Å². The molecule has 0 aliphatic rings. The molecule has 2 aromatic heterocycles. The lowest BCUT2D eigenvalue weighted by molar-refractivity contribution is -0.141. The maximum Gasteiger partial charge on any atom is 0.433 e. The first-order valence-electron chi connectivity index (χ1n) is 7.91. The van der Waals surface area contributed by atoms with Crippen molar-refractivity contribution in [2.75, 3.05) is 5.32 Å². The number of hydrogen-bond donors (Lipinski definition) is 1. The summed E-state index contributed by atoms with van der Waals surface area (Å²) in [6.07, 6.45) is -3.54. The number of amides is 1. The molecule has 1 amide bonds. The number of nitrogens with one attached hydrogen (secondary N) is 1. The van der Waals surface area contributed by atoms with Gasteiger partial charge in [0.25, 0.3) is 5.91 Å². The molecule has 2 heterocycles. The van der Waals surface area contributed by atoms with Crippen LogP contribution in [-0.2, 0) is 13.2 Å². The molecule has 0 atom stereocenters. The predicted octanol–water partition coefficient (Wildman–Crippen LogP) is 4.34. The highest BCUT2D eigenvalue weighted by Crippen LogP contribution is 2.31. The van der Waals surface area contributed by atoms with Crippen LogP contribution in [-0.4, -0.2) is 20.7 Å². The molecule has 0 fully saturated rings. The summed E-state index contributed by atoms with van der Waals surface area (Å²) in [5, 5.41) is 6.07. The number of hydrogen-bond acceptors (Lipinski definition) is 3. The summed E-state index contributed by atoms with van der Waals surface area (Å²) < 4.78 is 66.9. The highest BCUT2D eigenvalue weighted by Gasteiger charge is 2.33. The highest BCUT2D eigenvalue weighted by molar-refractivity contribution is 6.03. The van der Waals surface area contributed by atoms with Gasteiger partial charge in [0.2, 0.25) is 0 Å². The fourth-order valence-electron chi connectivity index (χ4n) is 2.60. The lowest BCUT2D eigenvalue weighted by atomic mass is 10.1. The van der Waals surface area contributed by atoms with Crippen molar-refractivity contribution in [1.82, 2.24) is 14.8 Å². The Kier molecular flexibility index (Phi) is 4.88. The monoisotopic (exact) mass is 396 g/mol. The molecule has 3 rings (SSSR count). The maximum atomic E-state index is 13.7. The zero-order chi connectivity index (χ0) is 20.6. The summed E-state index contributed by atoms with van der Waals surface area (Å²) in [6, 6.07) is 5.31. The maximum absolute atomic E-state index is 13.7. The van der Waals surface area contributed by atoms with Gasteiger partial charge in [0, 0.05) is 18.8 Å². The molecule has 0 saturated heterocycles. The molecular formula is C18H13F5N4O. The van der Waals surface area contributed by atoms with Gasteiger partial charge in [0.05, 0.1) is 5.69 Å². The molecule has 0 bridgehead atoms. The highest BCUT2D eigenvalue weighted by atomic mass is 19.4. The summed E-state index contributed by atoms with van der Waals surface area (Å²) >= 11 is 0. The van der Waals surface area contributed by atoms with Crippen LogP contribution in [0.2, 0.25) is 0 Å². The van der Waals surface area contributed by atoms with E-state index in [4.69, 9.17) is 0 Å². The Morgan fingerprint density at radius 2 is 1.79 bits per heavy atom. The first-order chi connectivity index (χ1) is 13.1. The van der Waals surface area contributed by atoms with Crippen molar-refractivity contribution in [2.45, 2.75) is 13.1 Å². The van der Waals surface area contributed by atoms with Gasteiger partial charge in [-0.25, -0.2) is 8.78 Å². The van der Waals surface area contributed by atoms with E-state index >= 15 is 0 Å². The lowest BCUT2D eigenvalue weighted by Crippen LogP contribution is -2.15. The van der Waals surface area contributed by atoms with E-state index in [1.54, 1.807) is 0 Å². The number of alkyl halides is 3. The third kappa shape index (κ3) is 3.71. The molecule has 3 aromatic rings. The van der Waals surface area contributed by atoms with Crippen LogP contribution in [0, 0.1) is 18.6 Å². The van der Waals surface area contributed by atoms with Crippen molar-refractivity contribution in [3.8, 4) is 11.3 Å². The zero-order valence-corrected chi connectivity index (χ0v) is 14.6. The van der Waals surface area contributed by atoms with Gasteiger partial charge in [-0.1, -0.05) is 6.07 Å². The van der Waals surface area contributed by atoms with E-state index in [1.807, 2.05) is 0 Å². The van der Waals surface area contributed by atoms with Crippen LogP contribution in [0.1, 0.15) is 21.7 Å². The average Bonchev–Trinajstić information content (AvgIpc) is 2.99. The number of pyridine rings is 1. The molecule has 1 aromatic carbocycles. The molecule has 0 aliphatic heterocycles. The van der Waals surface area contributed by atoms with E-state index in [0.29, 0.717) is 11.3 Å². The van der Waals surface area contributed by atoms with Crippen LogP contribution in [0.5, 0.6) is 0 Å². The Balaban J connectivity index is 1.92. The smallest absolute Gasteiger partial charge is 0.316 e. The third-order valence-corrected chi connectivity index (χ3v) is 3.99. The Labute approximate surface area is 155 Å². The van der Waals surface area contributed by atoms with Gasteiger partial charge in [-0.05, 0) is 36.8 Å². The third-order valence-electron chi connectivity index (χ3n) is 3.99. The second kappa shape index (κ2) is 7.02. The largest absolute Gasteiger partial charge is 0.433 e. The quantitative estimate of drug-likeness (QED) is 0.670. The van der Waals surface area contributed by atoms with Crippen molar-refractivity contribution in [3.05, 3.63) is 65.1 Å². The van der Waals surface area contributed by atoms with Gasteiger partial charge in [0.15, 0.2) is 5.69 Å². The second-order valence-electron chi connectivity index (χ2n) is 5.97. The number of carbonyl (C=O) groups excluding carboxylic acids is 1. The molecule has 0 radical (unpaired) electrons. The predicted molar refractivity (Wildman–Crippen MR) is 90.5 cm³/mol. The van der Waals surface area contributed by atoms with Crippen LogP contribution in [0.4, 0.5) is 27.6 Å². The average molecular weight is 396 g/mol. The van der Waals surface area contributed by atoms with Gasteiger partial charge in [-0.2, -0.15) is 18.3 Å². The molecule has 28 heavy (non-hydrogen) atoms. The van der Waals surface area contributed by atoms with Gasteiger partial charge >= 0.3 is 6.18 Å². The summed E-state index contributed by atoms with van der Waals surface area (Å²) in [5.74, 6) is -2.78. The number of aromatic nitrogens is 3. The molecule has 0 unspecified atom stereocenters. The van der Waals surface area contributed by atoms with Gasteiger partial charge in [-0.15, -0.1) is 0 Å². The first kappa shape index (κ1) is 19.5. The Morgan fingerprint density at radius 3 is 2.36 bits per heavy atom. The van der Waals surface area contributed by atoms with E-state index < -0.39 is 35.1 Å². The fourth-order valence-corrected chi connectivity index (χ4v) is 2.60. The van der Waals surface area contributed by atoms with Crippen molar-refractivity contribution in [2.24, 2.45) is 7.05 Å². The lowest BCUT2D eigenvalue weighted by Gasteiger charge is -2.10. The first-order valence-corrected chi connectivity index (χ1v) is 7.91. The minimum Gasteiger partial charge on any atom is -0.316 e. The Morgan fingerprint density at radius 1 is 1.14 bits per heavy atom. The molecule has 10 heteroatoms. The van der Waals surface area contributed by atoms with Crippen molar-refractivity contribution in [1.29, 1.82) is 0 Å². The Hall–Kier alpha value is -3.30. The summed E-state index contributed by atoms with van der Waals surface area (Å²) in [5.41, 5.74) is -0.898. The number of aryl methyl sites for hydroxylation is 2. The number of rotatable bonds is 3. The molecule has 1 N–H and O–H groups in total. The van der Waals surface area contributed by atoms with Crippen molar-refractivity contribution in [3.63, 3.8) is 0 Å². The van der Waals surface area contributed by atoms with Gasteiger partial charge < -0.3 is 5.32 Å². The molecule has 0 saturated carbocycles. The van der Waals surface area contributed by atoms with Crippen LogP contribution in [0.15, 0.2) is 36.5 Å². The number of halogens is 5. The molecule has 146 valence electrons.